The van der Waals surface area contributed by atoms with Gasteiger partial charge in [-0.25, -0.2) is 9.97 Å². The third-order valence-electron chi connectivity index (χ3n) is 6.36. The zero-order chi connectivity index (χ0) is 25.4. The fraction of sp³-hybridized carbons (Fsp3) is 0.143. The Kier molecular flexibility index (Phi) is 5.65. The highest BCUT2D eigenvalue weighted by Gasteiger charge is 2.17. The van der Waals surface area contributed by atoms with E-state index in [0.717, 1.165) is 50.8 Å². The van der Waals surface area contributed by atoms with Gasteiger partial charge in [0.15, 0.2) is 11.5 Å². The molecule has 5 heterocycles. The number of benzene rings is 1. The van der Waals surface area contributed by atoms with Crippen LogP contribution in [0, 0.1) is 0 Å². The number of pyridine rings is 3. The normalized spacial score (nSPS) is 11.3. The van der Waals surface area contributed by atoms with E-state index < -0.39 is 0 Å². The highest BCUT2D eigenvalue weighted by atomic mass is 16.1. The van der Waals surface area contributed by atoms with Crippen LogP contribution in [-0.2, 0) is 11.2 Å². The Morgan fingerprint density at radius 2 is 1.81 bits per heavy atom. The van der Waals surface area contributed by atoms with Gasteiger partial charge in [0.05, 0.1) is 34.5 Å². The van der Waals surface area contributed by atoms with Crippen molar-refractivity contribution in [1.82, 2.24) is 35.1 Å². The van der Waals surface area contributed by atoms with Crippen molar-refractivity contribution in [1.29, 1.82) is 0 Å². The molecule has 0 unspecified atom stereocenters. The Morgan fingerprint density at radius 1 is 0.946 bits per heavy atom. The van der Waals surface area contributed by atoms with E-state index in [-0.39, 0.29) is 5.91 Å². The predicted octanol–water partition coefficient (Wildman–Crippen LogP) is 5.54. The van der Waals surface area contributed by atoms with Crippen LogP contribution in [0.1, 0.15) is 25.8 Å². The lowest BCUT2D eigenvalue weighted by Crippen LogP contribution is -2.09. The fourth-order valence-corrected chi connectivity index (χ4v) is 4.37. The molecule has 0 aliphatic rings. The molecule has 0 atom stereocenters. The number of carbonyl (C=O) groups is 1. The van der Waals surface area contributed by atoms with E-state index in [2.05, 4.69) is 66.6 Å². The number of nitrogens with zero attached hydrogens (tertiary/aromatic N) is 5. The summed E-state index contributed by atoms with van der Waals surface area (Å²) in [6, 6.07) is 12.3. The summed E-state index contributed by atoms with van der Waals surface area (Å²) in [5, 5.41) is 11.2. The van der Waals surface area contributed by atoms with E-state index in [0.29, 0.717) is 23.6 Å². The third-order valence-corrected chi connectivity index (χ3v) is 6.36. The predicted molar refractivity (Wildman–Crippen MR) is 144 cm³/mol. The van der Waals surface area contributed by atoms with Crippen molar-refractivity contribution < 1.29 is 4.79 Å². The second-order valence-electron chi connectivity index (χ2n) is 8.78. The van der Waals surface area contributed by atoms with Gasteiger partial charge in [0.2, 0.25) is 5.91 Å². The maximum absolute atomic E-state index is 11.8. The first-order valence-electron chi connectivity index (χ1n) is 12.2. The summed E-state index contributed by atoms with van der Waals surface area (Å²) in [5.74, 6) is 0.587. The van der Waals surface area contributed by atoms with Crippen molar-refractivity contribution in [2.45, 2.75) is 26.7 Å². The van der Waals surface area contributed by atoms with E-state index in [9.17, 15) is 4.79 Å². The minimum atomic E-state index is -0.0650. The van der Waals surface area contributed by atoms with Gasteiger partial charge in [0.25, 0.3) is 0 Å². The quantitative estimate of drug-likeness (QED) is 0.283. The average Bonchev–Trinajstić information content (AvgIpc) is 3.56. The number of fused-ring (bicyclic) bond motifs is 2. The summed E-state index contributed by atoms with van der Waals surface area (Å²) in [6.45, 7) is 3.95. The molecule has 0 saturated heterocycles. The zero-order valence-electron chi connectivity index (χ0n) is 20.4. The van der Waals surface area contributed by atoms with Gasteiger partial charge in [-0.1, -0.05) is 38.1 Å². The molecule has 3 N–H and O–H groups in total. The van der Waals surface area contributed by atoms with Crippen molar-refractivity contribution in [3.63, 3.8) is 0 Å². The maximum Gasteiger partial charge on any atom is 0.224 e. The molecule has 0 aliphatic heterocycles. The summed E-state index contributed by atoms with van der Waals surface area (Å²) in [7, 11) is 0. The largest absolute Gasteiger partial charge is 0.335 e. The summed E-state index contributed by atoms with van der Waals surface area (Å²) >= 11 is 0. The van der Waals surface area contributed by atoms with Crippen molar-refractivity contribution in [2.24, 2.45) is 0 Å². The number of hydrogen-bond acceptors (Lipinski definition) is 6. The minimum Gasteiger partial charge on any atom is -0.335 e. The van der Waals surface area contributed by atoms with Gasteiger partial charge < -0.3 is 10.3 Å². The fourth-order valence-electron chi connectivity index (χ4n) is 4.37. The Morgan fingerprint density at radius 3 is 2.68 bits per heavy atom. The molecule has 5 aromatic heterocycles. The van der Waals surface area contributed by atoms with Crippen LogP contribution in [0.5, 0.6) is 0 Å². The number of amides is 1. The molecule has 0 bridgehead atoms. The lowest BCUT2D eigenvalue weighted by Gasteiger charge is -2.06. The van der Waals surface area contributed by atoms with Crippen molar-refractivity contribution in [3.8, 4) is 33.8 Å². The summed E-state index contributed by atoms with van der Waals surface area (Å²) in [5.41, 5.74) is 8.63. The smallest absolute Gasteiger partial charge is 0.224 e. The van der Waals surface area contributed by atoms with Crippen molar-refractivity contribution >= 4 is 33.7 Å². The standard InChI is InChI=1S/C28H24N8O/c1-3-16-6-5-7-17(8-16)22-14-30-15-23-25(22)34-28(33-23)26-21-10-19(12-31-27(21)36-35-26)18-9-20(13-29-11-18)32-24(37)4-2/h5-15H,3-4H2,1-2H3,(H,32,37)(H,33,34)(H,31,35,36). The number of H-pyrrole nitrogens is 2. The van der Waals surface area contributed by atoms with Gasteiger partial charge >= 0.3 is 0 Å². The van der Waals surface area contributed by atoms with Crippen LogP contribution in [0.15, 0.2) is 67.4 Å². The molecule has 0 saturated carbocycles. The second-order valence-corrected chi connectivity index (χ2v) is 8.78. The van der Waals surface area contributed by atoms with Crippen molar-refractivity contribution in [2.75, 3.05) is 5.32 Å². The number of rotatable bonds is 6. The molecular formula is C28H24N8O. The van der Waals surface area contributed by atoms with E-state index in [1.165, 1.54) is 5.56 Å². The monoisotopic (exact) mass is 488 g/mol. The van der Waals surface area contributed by atoms with Crippen LogP contribution in [0.4, 0.5) is 5.69 Å². The second kappa shape index (κ2) is 9.27. The highest BCUT2D eigenvalue weighted by molar-refractivity contribution is 5.97. The van der Waals surface area contributed by atoms with E-state index in [4.69, 9.17) is 4.98 Å². The molecule has 6 aromatic rings. The third kappa shape index (κ3) is 4.20. The number of anilines is 1. The molecule has 0 spiro atoms. The van der Waals surface area contributed by atoms with E-state index in [1.807, 2.05) is 25.3 Å². The summed E-state index contributed by atoms with van der Waals surface area (Å²) in [6.07, 6.45) is 10.1. The molecule has 9 nitrogen and oxygen atoms in total. The molecule has 6 rings (SSSR count). The Hall–Kier alpha value is -4.92. The van der Waals surface area contributed by atoms with E-state index >= 15 is 0 Å². The van der Waals surface area contributed by atoms with E-state index in [1.54, 1.807) is 24.8 Å². The first-order chi connectivity index (χ1) is 18.1. The number of hydrogen-bond donors (Lipinski definition) is 3. The number of aromatic amines is 2. The average molecular weight is 489 g/mol. The zero-order valence-corrected chi connectivity index (χ0v) is 20.4. The number of aryl methyl sites for hydroxylation is 1. The van der Waals surface area contributed by atoms with Gasteiger partial charge in [-0.2, -0.15) is 5.10 Å². The van der Waals surface area contributed by atoms with Crippen LogP contribution in [0.3, 0.4) is 0 Å². The molecule has 0 fully saturated rings. The van der Waals surface area contributed by atoms with Crippen LogP contribution in [0.2, 0.25) is 0 Å². The molecule has 9 heteroatoms. The number of imidazole rings is 1. The van der Waals surface area contributed by atoms with Crippen LogP contribution in [-0.4, -0.2) is 41.0 Å². The lowest BCUT2D eigenvalue weighted by atomic mass is 10.0. The number of nitrogens with one attached hydrogen (secondary N) is 3. The lowest BCUT2D eigenvalue weighted by molar-refractivity contribution is -0.115. The van der Waals surface area contributed by atoms with Crippen LogP contribution < -0.4 is 5.32 Å². The first-order valence-corrected chi connectivity index (χ1v) is 12.2. The van der Waals surface area contributed by atoms with Gasteiger partial charge in [-0.3, -0.25) is 19.9 Å². The molecule has 182 valence electrons. The Labute approximate surface area is 212 Å². The molecule has 0 aliphatic carbocycles. The van der Waals surface area contributed by atoms with Gasteiger partial charge in [-0.15, -0.1) is 0 Å². The van der Waals surface area contributed by atoms with Crippen molar-refractivity contribution in [3.05, 3.63) is 72.9 Å². The van der Waals surface area contributed by atoms with Gasteiger partial charge in [-0.05, 0) is 29.7 Å². The molecule has 37 heavy (non-hydrogen) atoms. The topological polar surface area (TPSA) is 125 Å². The molecule has 1 amide bonds. The van der Waals surface area contributed by atoms with Crippen LogP contribution in [0.25, 0.3) is 55.8 Å². The Bertz CT molecular complexity index is 1770. The summed E-state index contributed by atoms with van der Waals surface area (Å²) in [4.78, 5) is 33.4. The molecule has 1 aromatic carbocycles. The minimum absolute atomic E-state index is 0.0650. The Balaban J connectivity index is 1.42. The summed E-state index contributed by atoms with van der Waals surface area (Å²) < 4.78 is 0. The number of carbonyl (C=O) groups excluding carboxylic acids is 1. The molecular weight excluding hydrogens is 464 g/mol. The van der Waals surface area contributed by atoms with Crippen LogP contribution >= 0.6 is 0 Å². The number of aromatic nitrogens is 7. The van der Waals surface area contributed by atoms with Gasteiger partial charge in [0.1, 0.15) is 5.69 Å². The first kappa shape index (κ1) is 22.5. The highest BCUT2D eigenvalue weighted by Crippen LogP contribution is 2.32. The molecule has 0 radical (unpaired) electrons. The maximum atomic E-state index is 11.8. The van der Waals surface area contributed by atoms with Gasteiger partial charge in [0, 0.05) is 41.7 Å². The SMILES string of the molecule is CCC(=O)Nc1cncc(-c2cnc3n[nH]c(-c4nc5c(-c6cccc(CC)c6)cncc5[nH]4)c3c2)c1.